The summed E-state index contributed by atoms with van der Waals surface area (Å²) in [5.74, 6) is 1.11. The first-order valence-electron chi connectivity index (χ1n) is 8.53. The van der Waals surface area contributed by atoms with Crippen LogP contribution in [0.3, 0.4) is 0 Å². The van der Waals surface area contributed by atoms with Gasteiger partial charge in [-0.25, -0.2) is 0 Å². The zero-order chi connectivity index (χ0) is 16.5. The van der Waals surface area contributed by atoms with Crippen LogP contribution in [0, 0.1) is 0 Å². The Balaban J connectivity index is 1.79. The van der Waals surface area contributed by atoms with Crippen LogP contribution < -0.4 is 10.6 Å². The largest absolute Gasteiger partial charge is 0.356 e. The summed E-state index contributed by atoms with van der Waals surface area (Å²) in [5.41, 5.74) is 2.40. The summed E-state index contributed by atoms with van der Waals surface area (Å²) < 4.78 is 0. The van der Waals surface area contributed by atoms with Crippen molar-refractivity contribution in [2.75, 3.05) is 20.1 Å². The Hall–Kier alpha value is -2.04. The van der Waals surface area contributed by atoms with Crippen molar-refractivity contribution in [1.29, 1.82) is 0 Å². The first kappa shape index (κ1) is 17.3. The fourth-order valence-corrected chi connectivity index (χ4v) is 2.64. The molecule has 5 heteroatoms. The molecule has 0 aromatic heterocycles. The SMILES string of the molecule is CCCCNC(=NC)NCc1ccc(CN2CCCC2=O)cc1. The lowest BCUT2D eigenvalue weighted by Crippen LogP contribution is -2.37. The van der Waals surface area contributed by atoms with E-state index in [-0.39, 0.29) is 5.91 Å². The molecule has 1 saturated heterocycles. The number of carbonyl (C=O) groups excluding carboxylic acids is 1. The Morgan fingerprint density at radius 3 is 2.57 bits per heavy atom. The van der Waals surface area contributed by atoms with Gasteiger partial charge >= 0.3 is 0 Å². The van der Waals surface area contributed by atoms with Crippen LogP contribution in [0.4, 0.5) is 0 Å². The maximum atomic E-state index is 11.7. The van der Waals surface area contributed by atoms with Gasteiger partial charge in [-0.2, -0.15) is 0 Å². The van der Waals surface area contributed by atoms with Crippen LogP contribution in [0.1, 0.15) is 43.7 Å². The van der Waals surface area contributed by atoms with Gasteiger partial charge in [0.15, 0.2) is 5.96 Å². The monoisotopic (exact) mass is 316 g/mol. The molecule has 0 radical (unpaired) electrons. The van der Waals surface area contributed by atoms with Crippen molar-refractivity contribution in [2.45, 2.75) is 45.7 Å². The van der Waals surface area contributed by atoms with Crippen molar-refractivity contribution >= 4 is 11.9 Å². The number of nitrogens with zero attached hydrogens (tertiary/aromatic N) is 2. The predicted molar refractivity (Wildman–Crippen MR) is 94.2 cm³/mol. The Kier molecular flexibility index (Phi) is 6.91. The maximum Gasteiger partial charge on any atom is 0.222 e. The molecule has 0 saturated carbocycles. The van der Waals surface area contributed by atoms with E-state index in [0.29, 0.717) is 6.42 Å². The third-order valence-corrected chi connectivity index (χ3v) is 4.07. The van der Waals surface area contributed by atoms with Crippen LogP contribution in [-0.4, -0.2) is 36.9 Å². The van der Waals surface area contributed by atoms with Gasteiger partial charge < -0.3 is 15.5 Å². The zero-order valence-corrected chi connectivity index (χ0v) is 14.3. The standard InChI is InChI=1S/C18H28N4O/c1-3-4-11-20-18(19-2)21-13-15-7-9-16(10-8-15)14-22-12-5-6-17(22)23/h7-10H,3-6,11-14H2,1-2H3,(H2,19,20,21). The third kappa shape index (κ3) is 5.58. The Labute approximate surface area is 139 Å². The van der Waals surface area contributed by atoms with E-state index < -0.39 is 0 Å². The molecule has 126 valence electrons. The Morgan fingerprint density at radius 1 is 1.22 bits per heavy atom. The van der Waals surface area contributed by atoms with E-state index in [9.17, 15) is 4.79 Å². The number of likely N-dealkylation sites (tertiary alicyclic amines) is 1. The minimum atomic E-state index is 0.276. The molecule has 1 fully saturated rings. The van der Waals surface area contributed by atoms with E-state index in [4.69, 9.17) is 0 Å². The number of carbonyl (C=O) groups is 1. The summed E-state index contributed by atoms with van der Waals surface area (Å²) in [7, 11) is 1.79. The van der Waals surface area contributed by atoms with Crippen LogP contribution >= 0.6 is 0 Å². The maximum absolute atomic E-state index is 11.7. The number of hydrogen-bond donors (Lipinski definition) is 2. The lowest BCUT2D eigenvalue weighted by Gasteiger charge is -2.16. The average Bonchev–Trinajstić information content (AvgIpc) is 2.97. The van der Waals surface area contributed by atoms with E-state index in [2.05, 4.69) is 46.8 Å². The second-order valence-corrected chi connectivity index (χ2v) is 5.94. The first-order chi connectivity index (χ1) is 11.2. The lowest BCUT2D eigenvalue weighted by atomic mass is 10.1. The molecular formula is C18H28N4O. The second-order valence-electron chi connectivity index (χ2n) is 5.94. The number of guanidine groups is 1. The molecular weight excluding hydrogens is 288 g/mol. The van der Waals surface area contributed by atoms with Gasteiger partial charge in [-0.3, -0.25) is 9.79 Å². The van der Waals surface area contributed by atoms with Gasteiger partial charge in [0.2, 0.25) is 5.91 Å². The van der Waals surface area contributed by atoms with Crippen molar-refractivity contribution < 1.29 is 4.79 Å². The summed E-state index contributed by atoms with van der Waals surface area (Å²) >= 11 is 0. The van der Waals surface area contributed by atoms with E-state index in [1.54, 1.807) is 7.05 Å². The predicted octanol–water partition coefficient (Wildman–Crippen LogP) is 2.27. The smallest absolute Gasteiger partial charge is 0.222 e. The van der Waals surface area contributed by atoms with Crippen molar-refractivity contribution in [2.24, 2.45) is 4.99 Å². The molecule has 1 heterocycles. The molecule has 0 bridgehead atoms. The first-order valence-corrected chi connectivity index (χ1v) is 8.53. The number of nitrogens with one attached hydrogen (secondary N) is 2. The lowest BCUT2D eigenvalue weighted by molar-refractivity contribution is -0.128. The van der Waals surface area contributed by atoms with Crippen LogP contribution in [0.15, 0.2) is 29.3 Å². The number of rotatable bonds is 7. The van der Waals surface area contributed by atoms with Crippen LogP contribution in [0.5, 0.6) is 0 Å². The topological polar surface area (TPSA) is 56.7 Å². The molecule has 1 amide bonds. The zero-order valence-electron chi connectivity index (χ0n) is 14.3. The molecule has 0 aliphatic carbocycles. The van der Waals surface area contributed by atoms with Gasteiger partial charge in [0.05, 0.1) is 0 Å². The molecule has 1 aromatic carbocycles. The van der Waals surface area contributed by atoms with E-state index >= 15 is 0 Å². The summed E-state index contributed by atoms with van der Waals surface area (Å²) in [6.45, 7) is 5.48. The van der Waals surface area contributed by atoms with Crippen molar-refractivity contribution in [3.63, 3.8) is 0 Å². The van der Waals surface area contributed by atoms with Gasteiger partial charge in [0, 0.05) is 39.6 Å². The van der Waals surface area contributed by atoms with Crippen molar-refractivity contribution in [3.8, 4) is 0 Å². The van der Waals surface area contributed by atoms with Gasteiger partial charge in [-0.1, -0.05) is 37.6 Å². The molecule has 0 atom stereocenters. The minimum absolute atomic E-state index is 0.276. The number of hydrogen-bond acceptors (Lipinski definition) is 2. The summed E-state index contributed by atoms with van der Waals surface area (Å²) in [6.07, 6.45) is 4.01. The molecule has 1 aromatic rings. The van der Waals surface area contributed by atoms with Crippen molar-refractivity contribution in [3.05, 3.63) is 35.4 Å². The highest BCUT2D eigenvalue weighted by atomic mass is 16.2. The van der Waals surface area contributed by atoms with Crippen molar-refractivity contribution in [1.82, 2.24) is 15.5 Å². The molecule has 2 rings (SSSR count). The molecule has 0 unspecified atom stereocenters. The summed E-state index contributed by atoms with van der Waals surface area (Å²) in [5, 5.41) is 6.62. The highest BCUT2D eigenvalue weighted by Crippen LogP contribution is 2.14. The van der Waals surface area contributed by atoms with Gasteiger partial charge in [0.25, 0.3) is 0 Å². The highest BCUT2D eigenvalue weighted by Gasteiger charge is 2.19. The van der Waals surface area contributed by atoms with Gasteiger partial charge in [-0.05, 0) is 24.0 Å². The molecule has 0 spiro atoms. The van der Waals surface area contributed by atoms with Gasteiger partial charge in [-0.15, -0.1) is 0 Å². The van der Waals surface area contributed by atoms with Crippen LogP contribution in [0.2, 0.25) is 0 Å². The fraction of sp³-hybridized carbons (Fsp3) is 0.556. The normalized spacial score (nSPS) is 15.1. The third-order valence-electron chi connectivity index (χ3n) is 4.07. The average molecular weight is 316 g/mol. The van der Waals surface area contributed by atoms with Crippen LogP contribution in [0.25, 0.3) is 0 Å². The highest BCUT2D eigenvalue weighted by molar-refractivity contribution is 5.79. The quantitative estimate of drug-likeness (QED) is 0.461. The van der Waals surface area contributed by atoms with E-state index in [0.717, 1.165) is 45.0 Å². The number of unbranched alkanes of at least 4 members (excludes halogenated alkanes) is 1. The second kappa shape index (κ2) is 9.18. The van der Waals surface area contributed by atoms with E-state index in [1.807, 2.05) is 4.90 Å². The summed E-state index contributed by atoms with van der Waals surface area (Å²) in [6, 6.07) is 8.44. The fourth-order valence-electron chi connectivity index (χ4n) is 2.64. The molecule has 2 N–H and O–H groups in total. The van der Waals surface area contributed by atoms with Crippen LogP contribution in [-0.2, 0) is 17.9 Å². The summed E-state index contributed by atoms with van der Waals surface area (Å²) in [4.78, 5) is 17.8. The molecule has 23 heavy (non-hydrogen) atoms. The van der Waals surface area contributed by atoms with E-state index in [1.165, 1.54) is 17.5 Å². The Bertz CT molecular complexity index is 524. The van der Waals surface area contributed by atoms with Gasteiger partial charge in [0.1, 0.15) is 0 Å². The molecule has 1 aliphatic rings. The minimum Gasteiger partial charge on any atom is -0.356 e. The number of amides is 1. The number of aliphatic imine (C=N–C) groups is 1. The molecule has 1 aliphatic heterocycles. The molecule has 5 nitrogen and oxygen atoms in total. The number of benzene rings is 1. The Morgan fingerprint density at radius 2 is 1.96 bits per heavy atom.